The molecule has 8 nitrogen and oxygen atoms in total. The van der Waals surface area contributed by atoms with E-state index in [1.54, 1.807) is 7.11 Å². The monoisotopic (exact) mass is 498 g/mol. The SMILES string of the molecule is COc1ccc2[nH]c(=O)c([C@@H](c3nnnn3C3CCCC3)N3CCC(Cc4ccccc4)CC3)cc2c1. The van der Waals surface area contributed by atoms with E-state index in [0.29, 0.717) is 17.5 Å². The fourth-order valence-electron chi connectivity index (χ4n) is 6.18. The van der Waals surface area contributed by atoms with Gasteiger partial charge in [-0.3, -0.25) is 9.69 Å². The minimum atomic E-state index is -0.298. The molecule has 37 heavy (non-hydrogen) atoms. The highest BCUT2D eigenvalue weighted by Crippen LogP contribution is 2.36. The normalized spacial score (nSPS) is 18.4. The van der Waals surface area contributed by atoms with Crippen LogP contribution in [0.4, 0.5) is 0 Å². The second-order valence-corrected chi connectivity index (χ2v) is 10.5. The first kappa shape index (κ1) is 23.9. The van der Waals surface area contributed by atoms with Crippen LogP contribution in [0.15, 0.2) is 59.4 Å². The first-order valence-corrected chi connectivity index (χ1v) is 13.5. The van der Waals surface area contributed by atoms with Gasteiger partial charge in [-0.05, 0) is 91.4 Å². The highest BCUT2D eigenvalue weighted by molar-refractivity contribution is 5.80. The number of fused-ring (bicyclic) bond motifs is 1. The minimum Gasteiger partial charge on any atom is -0.497 e. The number of hydrogen-bond acceptors (Lipinski definition) is 6. The molecule has 2 aliphatic rings. The van der Waals surface area contributed by atoms with Gasteiger partial charge in [0.05, 0.1) is 13.2 Å². The van der Waals surface area contributed by atoms with Crippen LogP contribution in [0, 0.1) is 5.92 Å². The van der Waals surface area contributed by atoms with Gasteiger partial charge in [0.25, 0.3) is 5.56 Å². The van der Waals surface area contributed by atoms with Crippen LogP contribution in [-0.2, 0) is 6.42 Å². The highest BCUT2D eigenvalue weighted by Gasteiger charge is 2.35. The van der Waals surface area contributed by atoms with Gasteiger partial charge in [-0.25, -0.2) is 4.68 Å². The number of benzene rings is 2. The molecule has 1 aliphatic heterocycles. The molecule has 2 aromatic heterocycles. The van der Waals surface area contributed by atoms with Crippen molar-refractivity contribution in [3.63, 3.8) is 0 Å². The maximum Gasteiger partial charge on any atom is 0.253 e. The van der Waals surface area contributed by atoms with E-state index in [1.807, 2.05) is 28.9 Å². The summed E-state index contributed by atoms with van der Waals surface area (Å²) in [6.07, 6.45) is 7.79. The molecule has 0 radical (unpaired) electrons. The van der Waals surface area contributed by atoms with Crippen molar-refractivity contribution < 1.29 is 4.74 Å². The molecule has 0 spiro atoms. The number of aromatic amines is 1. The molecule has 2 fully saturated rings. The molecule has 1 aliphatic carbocycles. The zero-order chi connectivity index (χ0) is 25.2. The van der Waals surface area contributed by atoms with Crippen LogP contribution in [0.5, 0.6) is 5.75 Å². The fraction of sp³-hybridized carbons (Fsp3) is 0.448. The van der Waals surface area contributed by atoms with Crippen LogP contribution < -0.4 is 10.3 Å². The van der Waals surface area contributed by atoms with Gasteiger partial charge in [0.1, 0.15) is 11.8 Å². The molecule has 1 N–H and O–H groups in total. The van der Waals surface area contributed by atoms with E-state index >= 15 is 0 Å². The number of H-pyrrole nitrogens is 1. The van der Waals surface area contributed by atoms with Crippen LogP contribution in [0.1, 0.15) is 67.6 Å². The van der Waals surface area contributed by atoms with Crippen LogP contribution >= 0.6 is 0 Å². The number of aromatic nitrogens is 5. The Balaban J connectivity index is 1.35. The third-order valence-electron chi connectivity index (χ3n) is 8.19. The minimum absolute atomic E-state index is 0.0879. The molecule has 1 saturated carbocycles. The molecule has 3 heterocycles. The molecular weight excluding hydrogens is 464 g/mol. The number of piperidine rings is 1. The molecule has 8 heteroatoms. The number of nitrogens with one attached hydrogen (secondary N) is 1. The van der Waals surface area contributed by atoms with Gasteiger partial charge in [0.15, 0.2) is 5.82 Å². The predicted octanol–water partition coefficient (Wildman–Crippen LogP) is 4.68. The van der Waals surface area contributed by atoms with Crippen molar-refractivity contribution in [1.29, 1.82) is 0 Å². The van der Waals surface area contributed by atoms with Crippen LogP contribution in [0.3, 0.4) is 0 Å². The van der Waals surface area contributed by atoms with Gasteiger partial charge in [0, 0.05) is 16.5 Å². The van der Waals surface area contributed by atoms with Crippen molar-refractivity contribution in [2.45, 2.75) is 57.0 Å². The Morgan fingerprint density at radius 3 is 2.57 bits per heavy atom. The number of pyridine rings is 1. The largest absolute Gasteiger partial charge is 0.497 e. The maximum atomic E-state index is 13.5. The van der Waals surface area contributed by atoms with E-state index in [4.69, 9.17) is 4.74 Å². The summed E-state index contributed by atoms with van der Waals surface area (Å²) in [6, 6.07) is 18.5. The van der Waals surface area contributed by atoms with Gasteiger partial charge in [-0.2, -0.15) is 0 Å². The van der Waals surface area contributed by atoms with Gasteiger partial charge in [0.2, 0.25) is 0 Å². The summed E-state index contributed by atoms with van der Waals surface area (Å²) in [5, 5.41) is 14.0. The third-order valence-corrected chi connectivity index (χ3v) is 8.19. The second kappa shape index (κ2) is 10.5. The lowest BCUT2D eigenvalue weighted by molar-refractivity contribution is 0.141. The Morgan fingerprint density at radius 1 is 1.03 bits per heavy atom. The van der Waals surface area contributed by atoms with Crippen molar-refractivity contribution >= 4 is 10.9 Å². The van der Waals surface area contributed by atoms with Crippen molar-refractivity contribution in [3.05, 3.63) is 81.9 Å². The summed E-state index contributed by atoms with van der Waals surface area (Å²) in [7, 11) is 1.66. The van der Waals surface area contributed by atoms with Gasteiger partial charge in [-0.1, -0.05) is 43.2 Å². The zero-order valence-corrected chi connectivity index (χ0v) is 21.3. The number of rotatable bonds is 7. The standard InChI is InChI=1S/C29H34N6O2/c1-37-24-11-12-26-22(18-24)19-25(29(36)30-26)27(28-31-32-33-35(28)23-9-5-6-10-23)34-15-13-21(14-16-34)17-20-7-3-2-4-8-20/h2-4,7-8,11-12,18-19,21,23,27H,5-6,9-10,13-17H2,1H3,(H,30,36)/t27-/m0/s1. The lowest BCUT2D eigenvalue weighted by Crippen LogP contribution is -2.41. The van der Waals surface area contributed by atoms with E-state index in [2.05, 4.69) is 55.7 Å². The van der Waals surface area contributed by atoms with Crippen molar-refractivity contribution in [2.75, 3.05) is 20.2 Å². The fourth-order valence-corrected chi connectivity index (χ4v) is 6.18. The van der Waals surface area contributed by atoms with Gasteiger partial charge in [-0.15, -0.1) is 5.10 Å². The summed E-state index contributed by atoms with van der Waals surface area (Å²) in [5.41, 5.74) is 2.79. The lowest BCUT2D eigenvalue weighted by atomic mass is 9.89. The van der Waals surface area contributed by atoms with Crippen molar-refractivity contribution in [3.8, 4) is 5.75 Å². The molecule has 192 valence electrons. The van der Waals surface area contributed by atoms with Gasteiger partial charge < -0.3 is 9.72 Å². The quantitative estimate of drug-likeness (QED) is 0.398. The molecule has 2 aromatic carbocycles. The number of nitrogens with zero attached hydrogens (tertiary/aromatic N) is 5. The molecule has 0 amide bonds. The summed E-state index contributed by atoms with van der Waals surface area (Å²) < 4.78 is 7.45. The first-order valence-electron chi connectivity index (χ1n) is 13.5. The van der Waals surface area contributed by atoms with E-state index in [-0.39, 0.29) is 11.6 Å². The average molecular weight is 499 g/mol. The molecule has 4 aromatic rings. The Hall–Kier alpha value is -3.52. The van der Waals surface area contributed by atoms with Crippen molar-refractivity contribution in [2.24, 2.45) is 5.92 Å². The number of methoxy groups -OCH3 is 1. The zero-order valence-electron chi connectivity index (χ0n) is 21.3. The Morgan fingerprint density at radius 2 is 1.81 bits per heavy atom. The maximum absolute atomic E-state index is 13.5. The Labute approximate surface area is 216 Å². The third kappa shape index (κ3) is 4.90. The molecule has 0 bridgehead atoms. The van der Waals surface area contributed by atoms with E-state index < -0.39 is 0 Å². The summed E-state index contributed by atoms with van der Waals surface area (Å²) in [4.78, 5) is 19.0. The Bertz CT molecular complexity index is 1400. The van der Waals surface area contributed by atoms with E-state index in [0.717, 1.165) is 67.7 Å². The Kier molecular flexibility index (Phi) is 6.74. The number of likely N-dealkylation sites (tertiary alicyclic amines) is 1. The molecular formula is C29H34N6O2. The smallest absolute Gasteiger partial charge is 0.253 e. The number of ether oxygens (including phenoxy) is 1. The predicted molar refractivity (Wildman–Crippen MR) is 143 cm³/mol. The molecule has 6 rings (SSSR count). The highest BCUT2D eigenvalue weighted by atomic mass is 16.5. The van der Waals surface area contributed by atoms with E-state index in [1.165, 1.54) is 18.4 Å². The summed E-state index contributed by atoms with van der Waals surface area (Å²) >= 11 is 0. The van der Waals surface area contributed by atoms with Crippen LogP contribution in [0.2, 0.25) is 0 Å². The van der Waals surface area contributed by atoms with Gasteiger partial charge >= 0.3 is 0 Å². The lowest BCUT2D eigenvalue weighted by Gasteiger charge is -2.37. The van der Waals surface area contributed by atoms with E-state index in [9.17, 15) is 4.79 Å². The van der Waals surface area contributed by atoms with Crippen LogP contribution in [0.25, 0.3) is 10.9 Å². The molecule has 0 unspecified atom stereocenters. The molecule has 1 saturated heterocycles. The number of hydrogen-bond donors (Lipinski definition) is 1. The average Bonchev–Trinajstić information content (AvgIpc) is 3.63. The summed E-state index contributed by atoms with van der Waals surface area (Å²) in [6.45, 7) is 1.80. The first-order chi connectivity index (χ1) is 18.2. The molecule has 1 atom stereocenters. The topological polar surface area (TPSA) is 88.9 Å². The second-order valence-electron chi connectivity index (χ2n) is 10.5. The summed E-state index contributed by atoms with van der Waals surface area (Å²) in [5.74, 6) is 2.17. The van der Waals surface area contributed by atoms with Crippen molar-refractivity contribution in [1.82, 2.24) is 30.1 Å². The van der Waals surface area contributed by atoms with Crippen LogP contribution in [-0.4, -0.2) is 50.3 Å². The number of tetrazole rings is 1.